The summed E-state index contributed by atoms with van der Waals surface area (Å²) in [6.07, 6.45) is 7.56. The molecule has 2 aromatic carbocycles. The van der Waals surface area contributed by atoms with Gasteiger partial charge in [-0.25, -0.2) is 4.98 Å². The number of hydrogen-bond donors (Lipinski definition) is 2. The van der Waals surface area contributed by atoms with Crippen LogP contribution in [0, 0.1) is 12.3 Å². The highest BCUT2D eigenvalue weighted by molar-refractivity contribution is 9.10. The number of nitrogens with one attached hydrogen (secondary N) is 1. The lowest BCUT2D eigenvalue weighted by Crippen LogP contribution is -2.62. The summed E-state index contributed by atoms with van der Waals surface area (Å²) in [6.45, 7) is 1.94. The van der Waals surface area contributed by atoms with Gasteiger partial charge in [-0.15, -0.1) is 0 Å². The maximum atomic E-state index is 14.3. The summed E-state index contributed by atoms with van der Waals surface area (Å²) in [5, 5.41) is 14.3. The monoisotopic (exact) mass is 570 g/mol. The van der Waals surface area contributed by atoms with Gasteiger partial charge in [-0.05, 0) is 62.8 Å². The summed E-state index contributed by atoms with van der Waals surface area (Å²) in [7, 11) is 0. The van der Waals surface area contributed by atoms with Gasteiger partial charge in [-0.2, -0.15) is 0 Å². The lowest BCUT2D eigenvalue weighted by molar-refractivity contribution is -0.157. The van der Waals surface area contributed by atoms with Crippen molar-refractivity contribution in [3.8, 4) is 11.3 Å². The summed E-state index contributed by atoms with van der Waals surface area (Å²) in [5.74, 6) is -1.18. The highest BCUT2D eigenvalue weighted by atomic mass is 79.9. The van der Waals surface area contributed by atoms with E-state index in [0.29, 0.717) is 37.7 Å². The minimum atomic E-state index is -0.792. The van der Waals surface area contributed by atoms with Crippen LogP contribution in [-0.4, -0.2) is 37.5 Å². The number of aromatic nitrogens is 3. The molecule has 7 rings (SSSR count). The van der Waals surface area contributed by atoms with Crippen LogP contribution in [0.3, 0.4) is 0 Å². The molecule has 2 aromatic heterocycles. The molecule has 3 saturated carbocycles. The van der Waals surface area contributed by atoms with Crippen molar-refractivity contribution < 1.29 is 14.7 Å². The standard InChI is InChI=1S/C30H27BrN4O3/c1-18-25(21-15-20(31)7-8-23(21)34-26(18)19-5-3-2-4-6-19)27(36)35-30-11-9-29(10-12-30,28(37)38)16-22(30)24-17-32-13-14-33-24/h2-8,13-15,17,22H,9-12,16H2,1H3,(H,35,36)(H,37,38). The van der Waals surface area contributed by atoms with Crippen molar-refractivity contribution in [2.24, 2.45) is 5.41 Å². The largest absolute Gasteiger partial charge is 0.481 e. The summed E-state index contributed by atoms with van der Waals surface area (Å²) in [5.41, 5.74) is 3.17. The number of halogens is 1. The lowest BCUT2D eigenvalue weighted by atomic mass is 9.52. The first-order valence-electron chi connectivity index (χ1n) is 12.8. The number of pyridine rings is 1. The van der Waals surface area contributed by atoms with Crippen molar-refractivity contribution in [3.63, 3.8) is 0 Å². The molecule has 8 heteroatoms. The zero-order valence-corrected chi connectivity index (χ0v) is 22.5. The quantitative estimate of drug-likeness (QED) is 0.302. The molecule has 7 nitrogen and oxygen atoms in total. The van der Waals surface area contributed by atoms with Gasteiger partial charge < -0.3 is 10.4 Å². The Morgan fingerprint density at radius 2 is 1.82 bits per heavy atom. The van der Waals surface area contributed by atoms with Crippen molar-refractivity contribution in [2.45, 2.75) is 50.5 Å². The SMILES string of the molecule is Cc1c(-c2ccccc2)nc2ccc(Br)cc2c1C(=O)NC12CCC(C(=O)O)(CC1)CC2c1cnccn1. The number of benzene rings is 2. The molecular formula is C30H27BrN4O3. The van der Waals surface area contributed by atoms with Crippen LogP contribution in [0.25, 0.3) is 22.2 Å². The van der Waals surface area contributed by atoms with E-state index < -0.39 is 16.9 Å². The summed E-state index contributed by atoms with van der Waals surface area (Å²) >= 11 is 3.56. The van der Waals surface area contributed by atoms with Gasteiger partial charge in [0.2, 0.25) is 0 Å². The van der Waals surface area contributed by atoms with Crippen molar-refractivity contribution in [3.05, 3.63) is 88.4 Å². The molecule has 0 spiro atoms. The van der Waals surface area contributed by atoms with E-state index in [1.807, 2.05) is 55.5 Å². The third kappa shape index (κ3) is 3.98. The van der Waals surface area contributed by atoms with Gasteiger partial charge in [0, 0.05) is 45.5 Å². The normalized spacial score (nSPS) is 24.3. The van der Waals surface area contributed by atoms with E-state index in [2.05, 4.69) is 31.2 Å². The first-order valence-corrected chi connectivity index (χ1v) is 13.6. The van der Waals surface area contributed by atoms with Crippen LogP contribution >= 0.6 is 15.9 Å². The molecule has 1 amide bonds. The van der Waals surface area contributed by atoms with E-state index in [1.54, 1.807) is 18.6 Å². The average molecular weight is 571 g/mol. The summed E-state index contributed by atoms with van der Waals surface area (Å²) in [4.78, 5) is 40.4. The zero-order valence-electron chi connectivity index (χ0n) is 20.9. The van der Waals surface area contributed by atoms with Crippen LogP contribution in [0.2, 0.25) is 0 Å². The second-order valence-electron chi connectivity index (χ2n) is 10.6. The number of rotatable bonds is 5. The summed E-state index contributed by atoms with van der Waals surface area (Å²) < 4.78 is 0.866. The molecule has 0 radical (unpaired) electrons. The zero-order chi connectivity index (χ0) is 26.5. The third-order valence-electron chi connectivity index (χ3n) is 8.58. The Hall–Kier alpha value is -3.65. The molecule has 3 fully saturated rings. The van der Waals surface area contributed by atoms with Crippen molar-refractivity contribution in [2.75, 3.05) is 0 Å². The topological polar surface area (TPSA) is 105 Å². The Bertz CT molecular complexity index is 1550. The third-order valence-corrected chi connectivity index (χ3v) is 9.08. The number of hydrogen-bond acceptors (Lipinski definition) is 5. The van der Waals surface area contributed by atoms with Crippen molar-refractivity contribution in [1.29, 1.82) is 0 Å². The molecule has 192 valence electrons. The Kier molecular flexibility index (Phi) is 6.02. The van der Waals surface area contributed by atoms with E-state index in [1.165, 1.54) is 0 Å². The highest BCUT2D eigenvalue weighted by Gasteiger charge is 2.59. The minimum Gasteiger partial charge on any atom is -0.481 e. The molecule has 2 heterocycles. The Morgan fingerprint density at radius 1 is 1.05 bits per heavy atom. The fourth-order valence-electron chi connectivity index (χ4n) is 6.49. The summed E-state index contributed by atoms with van der Waals surface area (Å²) in [6, 6.07) is 15.7. The van der Waals surface area contributed by atoms with E-state index in [0.717, 1.165) is 37.9 Å². The molecular weight excluding hydrogens is 544 g/mol. The fraction of sp³-hybridized carbons (Fsp3) is 0.300. The predicted molar refractivity (Wildman–Crippen MR) is 148 cm³/mol. The van der Waals surface area contributed by atoms with Crippen LogP contribution in [0.5, 0.6) is 0 Å². The second-order valence-corrected chi connectivity index (χ2v) is 11.5. The van der Waals surface area contributed by atoms with Crippen LogP contribution in [0.4, 0.5) is 0 Å². The van der Waals surface area contributed by atoms with Gasteiger partial charge in [0.1, 0.15) is 0 Å². The number of aliphatic carboxylic acids is 1. The number of nitrogens with zero attached hydrogens (tertiary/aromatic N) is 3. The van der Waals surface area contributed by atoms with Gasteiger partial charge >= 0.3 is 5.97 Å². The maximum absolute atomic E-state index is 14.3. The number of carbonyl (C=O) groups excluding carboxylic acids is 1. The van der Waals surface area contributed by atoms with Gasteiger partial charge in [0.25, 0.3) is 5.91 Å². The van der Waals surface area contributed by atoms with Crippen LogP contribution in [0.1, 0.15) is 59.6 Å². The number of fused-ring (bicyclic) bond motifs is 4. The Balaban J connectivity index is 1.46. The van der Waals surface area contributed by atoms with Gasteiger partial charge in [0.05, 0.1) is 27.9 Å². The van der Waals surface area contributed by atoms with E-state index in [4.69, 9.17) is 4.98 Å². The van der Waals surface area contributed by atoms with Crippen LogP contribution < -0.4 is 5.32 Å². The van der Waals surface area contributed by atoms with E-state index >= 15 is 0 Å². The molecule has 0 saturated heterocycles. The lowest BCUT2D eigenvalue weighted by Gasteiger charge is -2.56. The Morgan fingerprint density at radius 3 is 2.50 bits per heavy atom. The molecule has 2 N–H and O–H groups in total. The van der Waals surface area contributed by atoms with E-state index in [-0.39, 0.29) is 11.8 Å². The minimum absolute atomic E-state index is 0.177. The van der Waals surface area contributed by atoms with E-state index in [9.17, 15) is 14.7 Å². The molecule has 4 aromatic rings. The molecule has 3 aliphatic rings. The first kappa shape index (κ1) is 24.7. The molecule has 0 aliphatic heterocycles. The van der Waals surface area contributed by atoms with Gasteiger partial charge in [0.15, 0.2) is 0 Å². The van der Waals surface area contributed by atoms with Crippen LogP contribution in [-0.2, 0) is 4.79 Å². The number of amides is 1. The fourth-order valence-corrected chi connectivity index (χ4v) is 6.85. The Labute approximate surface area is 228 Å². The van der Waals surface area contributed by atoms with Crippen molar-refractivity contribution in [1.82, 2.24) is 20.3 Å². The molecule has 2 bridgehead atoms. The first-order chi connectivity index (χ1) is 18.3. The number of carboxylic acid groups (broad SMARTS) is 1. The number of carbonyl (C=O) groups is 2. The maximum Gasteiger partial charge on any atom is 0.309 e. The highest BCUT2D eigenvalue weighted by Crippen LogP contribution is 2.58. The molecule has 1 atom stereocenters. The molecule has 3 aliphatic carbocycles. The van der Waals surface area contributed by atoms with Crippen molar-refractivity contribution >= 4 is 38.7 Å². The predicted octanol–water partition coefficient (Wildman–Crippen LogP) is 6.06. The number of carboxylic acids is 1. The second kappa shape index (κ2) is 9.27. The van der Waals surface area contributed by atoms with Gasteiger partial charge in [-0.1, -0.05) is 46.3 Å². The smallest absolute Gasteiger partial charge is 0.309 e. The molecule has 1 unspecified atom stereocenters. The average Bonchev–Trinajstić information content (AvgIpc) is 2.94. The van der Waals surface area contributed by atoms with Gasteiger partial charge in [-0.3, -0.25) is 19.6 Å². The molecule has 38 heavy (non-hydrogen) atoms. The van der Waals surface area contributed by atoms with Crippen LogP contribution in [0.15, 0.2) is 71.6 Å².